The summed E-state index contributed by atoms with van der Waals surface area (Å²) in [5.74, 6) is 0.224. The van der Waals surface area contributed by atoms with Crippen molar-refractivity contribution in [2.75, 3.05) is 0 Å². The van der Waals surface area contributed by atoms with Crippen molar-refractivity contribution in [3.8, 4) is 5.75 Å². The van der Waals surface area contributed by atoms with Crippen LogP contribution in [-0.4, -0.2) is 10.9 Å². The number of phenols is 1. The Morgan fingerprint density at radius 3 is 2.37 bits per heavy atom. The summed E-state index contributed by atoms with van der Waals surface area (Å²) in [7, 11) is 0. The fourth-order valence-corrected chi connectivity index (χ4v) is 2.16. The molecule has 0 atom stereocenters. The highest BCUT2D eigenvalue weighted by Crippen LogP contribution is 2.25. The fourth-order valence-electron chi connectivity index (χ4n) is 2.16. The first-order chi connectivity index (χ1) is 9.25. The Kier molecular flexibility index (Phi) is 2.76. The molecule has 1 N–H and O–H groups in total. The predicted molar refractivity (Wildman–Crippen MR) is 75.5 cm³/mol. The third-order valence-corrected chi connectivity index (χ3v) is 3.16. The van der Waals surface area contributed by atoms with E-state index in [1.54, 1.807) is 36.4 Å². The van der Waals surface area contributed by atoms with Gasteiger partial charge in [0.15, 0.2) is 5.78 Å². The molecular formula is C17H12O2. The van der Waals surface area contributed by atoms with Gasteiger partial charge in [-0.1, -0.05) is 48.5 Å². The number of hydrogen-bond acceptors (Lipinski definition) is 2. The summed E-state index contributed by atoms with van der Waals surface area (Å²) < 4.78 is 0. The first-order valence-corrected chi connectivity index (χ1v) is 6.07. The summed E-state index contributed by atoms with van der Waals surface area (Å²) in [6.07, 6.45) is 0. The van der Waals surface area contributed by atoms with Gasteiger partial charge in [0, 0.05) is 16.5 Å². The zero-order valence-electron chi connectivity index (χ0n) is 10.2. The molecule has 0 aliphatic rings. The summed E-state index contributed by atoms with van der Waals surface area (Å²) in [6, 6.07) is 19.8. The van der Waals surface area contributed by atoms with E-state index in [-0.39, 0.29) is 11.5 Å². The molecule has 2 nitrogen and oxygen atoms in total. The monoisotopic (exact) mass is 248 g/mol. The van der Waals surface area contributed by atoms with E-state index in [0.717, 1.165) is 10.8 Å². The predicted octanol–water partition coefficient (Wildman–Crippen LogP) is 3.78. The lowest BCUT2D eigenvalue weighted by Crippen LogP contribution is -2.00. The lowest BCUT2D eigenvalue weighted by molar-refractivity contribution is 0.103. The van der Waals surface area contributed by atoms with Crippen molar-refractivity contribution in [2.24, 2.45) is 0 Å². The second-order valence-corrected chi connectivity index (χ2v) is 4.41. The van der Waals surface area contributed by atoms with Gasteiger partial charge in [-0.05, 0) is 23.6 Å². The van der Waals surface area contributed by atoms with Gasteiger partial charge in [0.2, 0.25) is 0 Å². The molecule has 0 aromatic heterocycles. The van der Waals surface area contributed by atoms with Crippen LogP contribution in [0.25, 0.3) is 10.8 Å². The molecule has 3 rings (SSSR count). The number of carbonyl (C=O) groups excluding carboxylic acids is 1. The van der Waals surface area contributed by atoms with Gasteiger partial charge < -0.3 is 5.11 Å². The standard InChI is InChI=1S/C17H12O2/c18-16-8-4-7-13-11-14(9-10-15(13)16)17(19)12-5-2-1-3-6-12/h1-11,18H. The van der Waals surface area contributed by atoms with E-state index < -0.39 is 0 Å². The third kappa shape index (κ3) is 2.08. The van der Waals surface area contributed by atoms with Crippen molar-refractivity contribution in [2.45, 2.75) is 0 Å². The Bertz CT molecular complexity index is 746. The van der Waals surface area contributed by atoms with Gasteiger partial charge in [0.25, 0.3) is 0 Å². The number of ketones is 1. The van der Waals surface area contributed by atoms with Gasteiger partial charge in [-0.2, -0.15) is 0 Å². The molecule has 0 spiro atoms. The lowest BCUT2D eigenvalue weighted by atomic mass is 10.00. The van der Waals surface area contributed by atoms with E-state index >= 15 is 0 Å². The zero-order valence-corrected chi connectivity index (χ0v) is 10.2. The molecule has 0 bridgehead atoms. The van der Waals surface area contributed by atoms with E-state index in [1.165, 1.54) is 0 Å². The maximum absolute atomic E-state index is 12.3. The molecule has 0 aliphatic heterocycles. The maximum Gasteiger partial charge on any atom is 0.193 e. The van der Waals surface area contributed by atoms with Gasteiger partial charge in [0.1, 0.15) is 5.75 Å². The molecule has 19 heavy (non-hydrogen) atoms. The molecule has 3 aromatic carbocycles. The first-order valence-electron chi connectivity index (χ1n) is 6.07. The van der Waals surface area contributed by atoms with Gasteiger partial charge in [-0.25, -0.2) is 0 Å². The number of aromatic hydroxyl groups is 1. The van der Waals surface area contributed by atoms with Crippen LogP contribution < -0.4 is 0 Å². The van der Waals surface area contributed by atoms with E-state index in [9.17, 15) is 9.90 Å². The number of phenolic OH excluding ortho intramolecular Hbond substituents is 1. The normalized spacial score (nSPS) is 10.5. The minimum Gasteiger partial charge on any atom is -0.507 e. The van der Waals surface area contributed by atoms with Crippen LogP contribution in [-0.2, 0) is 0 Å². The smallest absolute Gasteiger partial charge is 0.193 e. The SMILES string of the molecule is O=C(c1ccccc1)c1ccc2c(O)cccc2c1. The van der Waals surface area contributed by atoms with Crippen molar-refractivity contribution in [3.05, 3.63) is 77.9 Å². The van der Waals surface area contributed by atoms with E-state index in [0.29, 0.717) is 11.1 Å². The van der Waals surface area contributed by atoms with Crippen LogP contribution >= 0.6 is 0 Å². The molecule has 0 saturated carbocycles. The quantitative estimate of drug-likeness (QED) is 0.701. The largest absolute Gasteiger partial charge is 0.507 e. The number of fused-ring (bicyclic) bond motifs is 1. The lowest BCUT2D eigenvalue weighted by Gasteiger charge is -2.04. The molecule has 0 radical (unpaired) electrons. The molecular weight excluding hydrogens is 236 g/mol. The van der Waals surface area contributed by atoms with Crippen LogP contribution in [0.1, 0.15) is 15.9 Å². The van der Waals surface area contributed by atoms with Crippen molar-refractivity contribution in [1.82, 2.24) is 0 Å². The summed E-state index contributed by atoms with van der Waals surface area (Å²) in [5, 5.41) is 11.4. The van der Waals surface area contributed by atoms with Crippen LogP contribution in [0, 0.1) is 0 Å². The Morgan fingerprint density at radius 2 is 1.58 bits per heavy atom. The van der Waals surface area contributed by atoms with Crippen LogP contribution in [0.15, 0.2) is 66.7 Å². The van der Waals surface area contributed by atoms with Gasteiger partial charge in [0.05, 0.1) is 0 Å². The Balaban J connectivity index is 2.09. The molecule has 92 valence electrons. The van der Waals surface area contributed by atoms with Gasteiger partial charge in [-0.15, -0.1) is 0 Å². The van der Waals surface area contributed by atoms with Gasteiger partial charge in [-0.3, -0.25) is 4.79 Å². The number of benzene rings is 3. The first kappa shape index (κ1) is 11.5. The Morgan fingerprint density at radius 1 is 0.789 bits per heavy atom. The van der Waals surface area contributed by atoms with Gasteiger partial charge >= 0.3 is 0 Å². The van der Waals surface area contributed by atoms with E-state index in [1.807, 2.05) is 30.3 Å². The summed E-state index contributed by atoms with van der Waals surface area (Å²) >= 11 is 0. The zero-order chi connectivity index (χ0) is 13.2. The molecule has 3 aromatic rings. The van der Waals surface area contributed by atoms with Crippen LogP contribution in [0.2, 0.25) is 0 Å². The Hall–Kier alpha value is -2.61. The number of carbonyl (C=O) groups is 1. The average Bonchev–Trinajstić information content (AvgIpc) is 2.47. The number of rotatable bonds is 2. The van der Waals surface area contributed by atoms with Crippen molar-refractivity contribution < 1.29 is 9.90 Å². The number of hydrogen-bond donors (Lipinski definition) is 1. The minimum absolute atomic E-state index is 0.00848. The van der Waals surface area contributed by atoms with Crippen LogP contribution in [0.5, 0.6) is 5.75 Å². The topological polar surface area (TPSA) is 37.3 Å². The van der Waals surface area contributed by atoms with E-state index in [2.05, 4.69) is 0 Å². The molecule has 0 fully saturated rings. The third-order valence-electron chi connectivity index (χ3n) is 3.16. The second kappa shape index (κ2) is 4.58. The fraction of sp³-hybridized carbons (Fsp3) is 0. The highest BCUT2D eigenvalue weighted by molar-refractivity contribution is 6.10. The van der Waals surface area contributed by atoms with Crippen LogP contribution in [0.3, 0.4) is 0 Å². The summed E-state index contributed by atoms with van der Waals surface area (Å²) in [4.78, 5) is 12.3. The average molecular weight is 248 g/mol. The van der Waals surface area contributed by atoms with E-state index in [4.69, 9.17) is 0 Å². The molecule has 2 heteroatoms. The minimum atomic E-state index is -0.00848. The Labute approximate surface area is 110 Å². The highest BCUT2D eigenvalue weighted by Gasteiger charge is 2.09. The molecule has 0 unspecified atom stereocenters. The van der Waals surface area contributed by atoms with Crippen molar-refractivity contribution in [1.29, 1.82) is 0 Å². The maximum atomic E-state index is 12.3. The second-order valence-electron chi connectivity index (χ2n) is 4.41. The van der Waals surface area contributed by atoms with Crippen molar-refractivity contribution >= 4 is 16.6 Å². The summed E-state index contributed by atoms with van der Waals surface area (Å²) in [6.45, 7) is 0. The molecule has 0 heterocycles. The highest BCUT2D eigenvalue weighted by atomic mass is 16.3. The van der Waals surface area contributed by atoms with Crippen molar-refractivity contribution in [3.63, 3.8) is 0 Å². The summed E-state index contributed by atoms with van der Waals surface area (Å²) in [5.41, 5.74) is 1.30. The molecule has 0 aliphatic carbocycles. The molecule has 0 amide bonds. The van der Waals surface area contributed by atoms with Crippen LogP contribution in [0.4, 0.5) is 0 Å². The molecule has 0 saturated heterocycles.